The van der Waals surface area contributed by atoms with Gasteiger partial charge < -0.3 is 20.2 Å². The average molecular weight is 332 g/mol. The molecule has 140 valence electrons. The maximum atomic E-state index is 11.0. The molecule has 0 amide bonds. The van der Waals surface area contributed by atoms with E-state index in [1.807, 2.05) is 0 Å². The third kappa shape index (κ3) is 15.1. The van der Waals surface area contributed by atoms with Gasteiger partial charge in [-0.3, -0.25) is 0 Å². The molecule has 0 spiro atoms. The fourth-order valence-corrected chi connectivity index (χ4v) is 3.10. The first-order valence-corrected chi connectivity index (χ1v) is 9.63. The summed E-state index contributed by atoms with van der Waals surface area (Å²) in [5, 5.41) is 28.6. The van der Waals surface area contributed by atoms with Gasteiger partial charge in [-0.1, -0.05) is 38.5 Å². The van der Waals surface area contributed by atoms with Crippen molar-refractivity contribution in [1.29, 1.82) is 0 Å². The van der Waals surface area contributed by atoms with Crippen molar-refractivity contribution in [2.24, 2.45) is 0 Å². The molecule has 0 bridgehead atoms. The van der Waals surface area contributed by atoms with Gasteiger partial charge >= 0.3 is 0 Å². The van der Waals surface area contributed by atoms with Crippen molar-refractivity contribution >= 4 is 0 Å². The van der Waals surface area contributed by atoms with Gasteiger partial charge in [-0.05, 0) is 65.6 Å². The van der Waals surface area contributed by atoms with Crippen molar-refractivity contribution in [2.75, 3.05) is 33.9 Å². The Morgan fingerprint density at radius 3 is 1.39 bits per heavy atom. The van der Waals surface area contributed by atoms with Crippen LogP contribution >= 0.6 is 0 Å². The molecule has 23 heavy (non-hydrogen) atoms. The highest BCUT2D eigenvalue weighted by Gasteiger charge is 2.25. The van der Waals surface area contributed by atoms with Crippen molar-refractivity contribution in [3.63, 3.8) is 0 Å². The smallest absolute Gasteiger partial charge is 0.0647 e. The third-order valence-corrected chi connectivity index (χ3v) is 4.60. The lowest BCUT2D eigenvalue weighted by Gasteiger charge is -2.29. The molecule has 0 saturated heterocycles. The van der Waals surface area contributed by atoms with Crippen LogP contribution in [0.2, 0.25) is 0 Å². The summed E-state index contributed by atoms with van der Waals surface area (Å²) in [4.78, 5) is 2.20. The van der Waals surface area contributed by atoms with Crippen LogP contribution in [0.15, 0.2) is 0 Å². The van der Waals surface area contributed by atoms with E-state index in [9.17, 15) is 5.11 Å². The van der Waals surface area contributed by atoms with Crippen LogP contribution < -0.4 is 0 Å². The fraction of sp³-hybridized carbons (Fsp3) is 1.00. The zero-order valence-electron chi connectivity index (χ0n) is 15.6. The van der Waals surface area contributed by atoms with E-state index in [0.29, 0.717) is 0 Å². The van der Waals surface area contributed by atoms with E-state index in [1.165, 1.54) is 0 Å². The topological polar surface area (TPSA) is 63.9 Å². The van der Waals surface area contributed by atoms with Gasteiger partial charge in [0.2, 0.25) is 0 Å². The van der Waals surface area contributed by atoms with Crippen LogP contribution in [0.5, 0.6) is 0 Å². The van der Waals surface area contributed by atoms with E-state index >= 15 is 0 Å². The Morgan fingerprint density at radius 2 is 1.00 bits per heavy atom. The molecule has 0 aromatic rings. The zero-order chi connectivity index (χ0) is 17.4. The average Bonchev–Trinajstić information content (AvgIpc) is 2.51. The Bertz CT molecular complexity index is 233. The first-order valence-electron chi connectivity index (χ1n) is 9.63. The van der Waals surface area contributed by atoms with E-state index in [2.05, 4.69) is 19.0 Å². The van der Waals surface area contributed by atoms with Gasteiger partial charge in [0, 0.05) is 13.2 Å². The highest BCUT2D eigenvalue weighted by molar-refractivity contribution is 4.78. The Balaban J connectivity index is 4.05. The van der Waals surface area contributed by atoms with Crippen molar-refractivity contribution in [2.45, 2.75) is 89.1 Å². The molecule has 0 atom stereocenters. The van der Waals surface area contributed by atoms with Crippen LogP contribution in [-0.2, 0) is 0 Å². The molecule has 4 nitrogen and oxygen atoms in total. The highest BCUT2D eigenvalue weighted by Crippen LogP contribution is 2.28. The normalized spacial score (nSPS) is 12.3. The maximum Gasteiger partial charge on any atom is 0.0647 e. The summed E-state index contributed by atoms with van der Waals surface area (Å²) in [5.41, 5.74) is -0.509. The van der Waals surface area contributed by atoms with E-state index in [1.54, 1.807) is 0 Å². The van der Waals surface area contributed by atoms with Crippen LogP contribution in [0.4, 0.5) is 0 Å². The predicted octanol–water partition coefficient (Wildman–Crippen LogP) is 3.34. The Hall–Kier alpha value is -0.160. The Labute approximate surface area is 143 Å². The van der Waals surface area contributed by atoms with Gasteiger partial charge in [0.1, 0.15) is 0 Å². The Kier molecular flexibility index (Phi) is 15.3. The molecular formula is C19H41NO3. The summed E-state index contributed by atoms with van der Waals surface area (Å²) in [6, 6.07) is 0. The summed E-state index contributed by atoms with van der Waals surface area (Å²) >= 11 is 0. The van der Waals surface area contributed by atoms with Crippen LogP contribution in [0, 0.1) is 0 Å². The van der Waals surface area contributed by atoms with Crippen molar-refractivity contribution < 1.29 is 15.3 Å². The van der Waals surface area contributed by atoms with Crippen LogP contribution in [0.3, 0.4) is 0 Å². The van der Waals surface area contributed by atoms with Crippen LogP contribution in [-0.4, -0.2) is 59.7 Å². The summed E-state index contributed by atoms with van der Waals surface area (Å²) in [7, 11) is 4.18. The van der Waals surface area contributed by atoms with Crippen LogP contribution in [0.1, 0.15) is 83.5 Å². The first-order chi connectivity index (χ1) is 11.0. The minimum atomic E-state index is -0.509. The van der Waals surface area contributed by atoms with Gasteiger partial charge in [0.15, 0.2) is 0 Å². The molecule has 0 radical (unpaired) electrons. The predicted molar refractivity (Wildman–Crippen MR) is 97.7 cm³/mol. The van der Waals surface area contributed by atoms with Gasteiger partial charge in [0.05, 0.1) is 5.60 Å². The van der Waals surface area contributed by atoms with E-state index in [4.69, 9.17) is 10.2 Å². The maximum absolute atomic E-state index is 11.0. The van der Waals surface area contributed by atoms with Gasteiger partial charge in [-0.15, -0.1) is 0 Å². The lowest BCUT2D eigenvalue weighted by molar-refractivity contribution is 0.00677. The number of aliphatic hydroxyl groups excluding tert-OH is 2. The van der Waals surface area contributed by atoms with Gasteiger partial charge in [0.25, 0.3) is 0 Å². The van der Waals surface area contributed by atoms with E-state index < -0.39 is 5.60 Å². The molecule has 0 aromatic carbocycles. The fourth-order valence-electron chi connectivity index (χ4n) is 3.10. The minimum Gasteiger partial charge on any atom is -0.396 e. The molecule has 0 aromatic heterocycles. The van der Waals surface area contributed by atoms with Crippen molar-refractivity contribution in [1.82, 2.24) is 4.90 Å². The van der Waals surface area contributed by atoms with E-state index in [-0.39, 0.29) is 13.2 Å². The highest BCUT2D eigenvalue weighted by atomic mass is 16.3. The lowest BCUT2D eigenvalue weighted by Crippen LogP contribution is -2.29. The second kappa shape index (κ2) is 15.4. The number of unbranched alkanes of at least 4 members (excludes halogenated alkanes) is 7. The number of aliphatic hydroxyl groups is 3. The number of hydrogen-bond acceptors (Lipinski definition) is 4. The number of hydrogen-bond donors (Lipinski definition) is 3. The standard InChI is InChI=1S/C19H41NO3/c1-20(2)16-10-9-15-19(23,13-7-3-5-11-17-21)14-8-4-6-12-18-22/h21-23H,3-18H2,1-2H3. The van der Waals surface area contributed by atoms with Crippen molar-refractivity contribution in [3.8, 4) is 0 Å². The molecule has 0 unspecified atom stereocenters. The summed E-state index contributed by atoms with van der Waals surface area (Å²) < 4.78 is 0. The lowest BCUT2D eigenvalue weighted by atomic mass is 9.85. The molecule has 4 heteroatoms. The largest absolute Gasteiger partial charge is 0.396 e. The summed E-state index contributed by atoms with van der Waals surface area (Å²) in [5.74, 6) is 0. The Morgan fingerprint density at radius 1 is 0.609 bits per heavy atom. The van der Waals surface area contributed by atoms with E-state index in [0.717, 1.165) is 90.0 Å². The molecule has 0 aliphatic rings. The third-order valence-electron chi connectivity index (χ3n) is 4.60. The summed E-state index contributed by atoms with van der Waals surface area (Å²) in [6.07, 6.45) is 13.1. The molecular weight excluding hydrogens is 290 g/mol. The molecule has 0 saturated carbocycles. The molecule has 0 heterocycles. The SMILES string of the molecule is CN(C)CCCCC(O)(CCCCCCO)CCCCCCO. The molecule has 0 fully saturated rings. The minimum absolute atomic E-state index is 0.277. The van der Waals surface area contributed by atoms with Gasteiger partial charge in [-0.2, -0.15) is 0 Å². The zero-order valence-corrected chi connectivity index (χ0v) is 15.6. The van der Waals surface area contributed by atoms with Gasteiger partial charge in [-0.25, -0.2) is 0 Å². The molecule has 3 N–H and O–H groups in total. The monoisotopic (exact) mass is 331 g/mol. The van der Waals surface area contributed by atoms with Crippen LogP contribution in [0.25, 0.3) is 0 Å². The van der Waals surface area contributed by atoms with Crippen molar-refractivity contribution in [3.05, 3.63) is 0 Å². The molecule has 0 rings (SSSR count). The first kappa shape index (κ1) is 22.8. The number of rotatable bonds is 17. The second-order valence-corrected chi connectivity index (χ2v) is 7.26. The quantitative estimate of drug-likeness (QED) is 0.358. The second-order valence-electron chi connectivity index (χ2n) is 7.26. The molecule has 0 aliphatic carbocycles. The summed E-state index contributed by atoms with van der Waals surface area (Å²) in [6.45, 7) is 1.64. The molecule has 0 aliphatic heterocycles. The number of nitrogens with zero attached hydrogens (tertiary/aromatic N) is 1.